The van der Waals surface area contributed by atoms with E-state index in [2.05, 4.69) is 20.6 Å². The fourth-order valence-electron chi connectivity index (χ4n) is 5.15. The van der Waals surface area contributed by atoms with E-state index in [1.165, 1.54) is 0 Å². The minimum absolute atomic E-state index is 0.0870. The molecular formula is C22H31N5O4S. The molecule has 0 bridgehead atoms. The average molecular weight is 462 g/mol. The molecular weight excluding hydrogens is 430 g/mol. The lowest BCUT2D eigenvalue weighted by atomic mass is 9.68. The molecule has 32 heavy (non-hydrogen) atoms. The van der Waals surface area contributed by atoms with Gasteiger partial charge in [0.2, 0.25) is 0 Å². The predicted octanol–water partition coefficient (Wildman–Crippen LogP) is 2.75. The minimum atomic E-state index is -2.92. The quantitative estimate of drug-likeness (QED) is 0.675. The molecule has 2 aromatic rings. The van der Waals surface area contributed by atoms with Crippen LogP contribution in [0.15, 0.2) is 17.5 Å². The number of aryl methyl sites for hydroxylation is 1. The van der Waals surface area contributed by atoms with Crippen molar-refractivity contribution in [2.75, 3.05) is 30.0 Å². The van der Waals surface area contributed by atoms with Gasteiger partial charge in [-0.1, -0.05) is 5.16 Å². The first-order valence-electron chi connectivity index (χ1n) is 11.6. The molecule has 1 saturated heterocycles. The molecule has 10 heteroatoms. The van der Waals surface area contributed by atoms with Gasteiger partial charge in [0.05, 0.1) is 34.5 Å². The second-order valence-corrected chi connectivity index (χ2v) is 11.5. The smallest absolute Gasteiger partial charge is 0.159 e. The number of nitrogens with zero attached hydrogens (tertiary/aromatic N) is 4. The first-order chi connectivity index (χ1) is 15.4. The molecule has 2 aliphatic heterocycles. The molecule has 174 valence electrons. The maximum atomic E-state index is 11.9. The average Bonchev–Trinajstić information content (AvgIpc) is 3.38. The molecule has 0 radical (unpaired) electrons. The molecule has 4 heterocycles. The summed E-state index contributed by atoms with van der Waals surface area (Å²) >= 11 is 0. The van der Waals surface area contributed by atoms with E-state index in [4.69, 9.17) is 9.57 Å². The van der Waals surface area contributed by atoms with Gasteiger partial charge < -0.3 is 14.9 Å². The van der Waals surface area contributed by atoms with Gasteiger partial charge in [0.15, 0.2) is 5.65 Å². The van der Waals surface area contributed by atoms with Crippen molar-refractivity contribution in [1.29, 1.82) is 0 Å². The van der Waals surface area contributed by atoms with Crippen LogP contribution in [0.1, 0.15) is 51.5 Å². The van der Waals surface area contributed by atoms with Crippen molar-refractivity contribution in [1.82, 2.24) is 14.8 Å². The van der Waals surface area contributed by atoms with Crippen molar-refractivity contribution in [3.05, 3.63) is 18.0 Å². The van der Waals surface area contributed by atoms with E-state index in [1.54, 1.807) is 0 Å². The maximum Gasteiger partial charge on any atom is 0.159 e. The van der Waals surface area contributed by atoms with Crippen molar-refractivity contribution < 1.29 is 18.0 Å². The van der Waals surface area contributed by atoms with Crippen LogP contribution >= 0.6 is 0 Å². The molecule has 5 rings (SSSR count). The van der Waals surface area contributed by atoms with Crippen LogP contribution in [-0.4, -0.2) is 65.3 Å². The largest absolute Gasteiger partial charge is 0.389 e. The lowest BCUT2D eigenvalue weighted by Gasteiger charge is -2.42. The van der Waals surface area contributed by atoms with Crippen LogP contribution in [0.2, 0.25) is 0 Å². The summed E-state index contributed by atoms with van der Waals surface area (Å²) in [5.74, 6) is 0.961. The number of anilines is 1. The third kappa shape index (κ3) is 3.98. The highest BCUT2D eigenvalue weighted by atomic mass is 32.2. The normalized spacial score (nSPS) is 24.3. The summed E-state index contributed by atoms with van der Waals surface area (Å²) in [7, 11) is -2.92. The highest BCUT2D eigenvalue weighted by Crippen LogP contribution is 2.48. The van der Waals surface area contributed by atoms with Crippen molar-refractivity contribution in [2.24, 2.45) is 11.1 Å². The van der Waals surface area contributed by atoms with E-state index in [0.717, 1.165) is 67.0 Å². The molecule has 1 spiro atoms. The molecule has 3 aliphatic rings. The molecule has 1 N–H and O–H groups in total. The Morgan fingerprint density at radius 1 is 1.25 bits per heavy atom. The van der Waals surface area contributed by atoms with E-state index in [9.17, 15) is 8.42 Å². The Labute approximate surface area is 188 Å². The van der Waals surface area contributed by atoms with E-state index in [1.807, 2.05) is 30.9 Å². The van der Waals surface area contributed by atoms with Crippen LogP contribution in [0.25, 0.3) is 11.0 Å². The molecule has 2 fully saturated rings. The number of hydrogen-bond acceptors (Lipinski definition) is 8. The lowest BCUT2D eigenvalue weighted by molar-refractivity contribution is -0.123. The van der Waals surface area contributed by atoms with Gasteiger partial charge in [-0.2, -0.15) is 5.10 Å². The summed E-state index contributed by atoms with van der Waals surface area (Å²) in [5, 5.41) is 13.5. The van der Waals surface area contributed by atoms with E-state index in [-0.39, 0.29) is 23.1 Å². The van der Waals surface area contributed by atoms with Gasteiger partial charge in [0.25, 0.3) is 0 Å². The Hall–Kier alpha value is -2.20. The van der Waals surface area contributed by atoms with Crippen molar-refractivity contribution in [3.8, 4) is 0 Å². The fourth-order valence-corrected chi connectivity index (χ4v) is 6.64. The SMILES string of the molecule is CCOCC1CC2(CC(c3cnc4c(cnn4CC)c3NC3CCS(=O)(=O)CC3)=NO2)C1. The summed E-state index contributed by atoms with van der Waals surface area (Å²) in [4.78, 5) is 10.6. The van der Waals surface area contributed by atoms with E-state index >= 15 is 0 Å². The third-order valence-corrected chi connectivity index (χ3v) is 8.61. The van der Waals surface area contributed by atoms with E-state index in [0.29, 0.717) is 18.8 Å². The standard InChI is InChI=1S/C22H31N5O4S/c1-3-27-21-18(13-24-27)20(25-16-5-7-32(28,29)8-6-16)17(12-23-21)19-11-22(31-26-19)9-15(10-22)14-30-4-2/h12-13,15-16H,3-11,14H2,1-2H3,(H,23,25). The Balaban J connectivity index is 1.40. The summed E-state index contributed by atoms with van der Waals surface area (Å²) < 4.78 is 31.2. The maximum absolute atomic E-state index is 11.9. The van der Waals surface area contributed by atoms with Crippen molar-refractivity contribution in [2.45, 2.75) is 64.1 Å². The number of rotatable bonds is 7. The summed E-state index contributed by atoms with van der Waals surface area (Å²) in [5.41, 5.74) is 3.34. The topological polar surface area (TPSA) is 108 Å². The number of pyridine rings is 1. The number of fused-ring (bicyclic) bond motifs is 1. The van der Waals surface area contributed by atoms with Crippen molar-refractivity contribution in [3.63, 3.8) is 0 Å². The van der Waals surface area contributed by atoms with Gasteiger partial charge in [0.1, 0.15) is 15.4 Å². The van der Waals surface area contributed by atoms with Crippen molar-refractivity contribution >= 4 is 32.3 Å². The second-order valence-electron chi connectivity index (χ2n) is 9.24. The second kappa shape index (κ2) is 8.30. The predicted molar refractivity (Wildman–Crippen MR) is 123 cm³/mol. The fraction of sp³-hybridized carbons (Fsp3) is 0.682. The van der Waals surface area contributed by atoms with Gasteiger partial charge in [-0.25, -0.2) is 18.1 Å². The Morgan fingerprint density at radius 2 is 2.03 bits per heavy atom. The highest BCUT2D eigenvalue weighted by molar-refractivity contribution is 7.91. The number of hydrogen-bond donors (Lipinski definition) is 1. The number of aromatic nitrogens is 3. The Morgan fingerprint density at radius 3 is 2.75 bits per heavy atom. The summed E-state index contributed by atoms with van der Waals surface area (Å²) in [6.45, 7) is 6.29. The minimum Gasteiger partial charge on any atom is -0.389 e. The molecule has 0 amide bonds. The van der Waals surface area contributed by atoms with Gasteiger partial charge in [-0.3, -0.25) is 0 Å². The zero-order valence-electron chi connectivity index (χ0n) is 18.7. The number of ether oxygens (including phenoxy) is 1. The van der Waals surface area contributed by atoms with Crippen LogP contribution in [0.3, 0.4) is 0 Å². The highest BCUT2D eigenvalue weighted by Gasteiger charge is 2.51. The molecule has 1 aliphatic carbocycles. The molecule has 2 aromatic heterocycles. The van der Waals surface area contributed by atoms with Gasteiger partial charge in [0, 0.05) is 44.0 Å². The number of oxime groups is 1. The first-order valence-corrected chi connectivity index (χ1v) is 13.4. The van der Waals surface area contributed by atoms with Crippen LogP contribution in [0, 0.1) is 5.92 Å². The molecule has 1 saturated carbocycles. The van der Waals surface area contributed by atoms with Gasteiger partial charge in [-0.05, 0) is 45.4 Å². The first kappa shape index (κ1) is 21.6. The molecule has 0 aromatic carbocycles. The van der Waals surface area contributed by atoms with Crippen LogP contribution in [0.5, 0.6) is 0 Å². The van der Waals surface area contributed by atoms with Crippen LogP contribution < -0.4 is 5.32 Å². The van der Waals surface area contributed by atoms with Gasteiger partial charge >= 0.3 is 0 Å². The summed E-state index contributed by atoms with van der Waals surface area (Å²) in [6.07, 6.45) is 7.54. The van der Waals surface area contributed by atoms with Gasteiger partial charge in [-0.15, -0.1) is 0 Å². The zero-order chi connectivity index (χ0) is 22.3. The molecule has 0 atom stereocenters. The van der Waals surface area contributed by atoms with Crippen LogP contribution in [-0.2, 0) is 26.0 Å². The molecule has 9 nitrogen and oxygen atoms in total. The number of sulfone groups is 1. The Bertz CT molecular complexity index is 1120. The zero-order valence-corrected chi connectivity index (χ0v) is 19.5. The Kier molecular flexibility index (Phi) is 5.61. The summed E-state index contributed by atoms with van der Waals surface area (Å²) in [6, 6.07) is 0.0870. The number of nitrogens with one attached hydrogen (secondary N) is 1. The third-order valence-electron chi connectivity index (χ3n) is 6.90. The molecule has 0 unspecified atom stereocenters. The lowest BCUT2D eigenvalue weighted by Crippen LogP contribution is -2.45. The van der Waals surface area contributed by atoms with Crippen LogP contribution in [0.4, 0.5) is 5.69 Å². The monoisotopic (exact) mass is 461 g/mol. The van der Waals surface area contributed by atoms with E-state index < -0.39 is 9.84 Å².